The van der Waals surface area contributed by atoms with Crippen molar-refractivity contribution in [1.29, 1.82) is 0 Å². The number of alkyl halides is 2. The molecule has 2 aliphatic rings. The van der Waals surface area contributed by atoms with Crippen molar-refractivity contribution in [1.82, 2.24) is 10.2 Å². The zero-order chi connectivity index (χ0) is 10.8. The maximum absolute atomic E-state index is 12.0. The summed E-state index contributed by atoms with van der Waals surface area (Å²) in [6, 6.07) is 0.679. The lowest BCUT2D eigenvalue weighted by Crippen LogP contribution is -2.46. The summed E-state index contributed by atoms with van der Waals surface area (Å²) >= 11 is 0. The molecule has 0 aromatic heterocycles. The molecule has 1 aliphatic heterocycles. The van der Waals surface area contributed by atoms with Crippen LogP contribution < -0.4 is 5.32 Å². The molecular formula is C10H16F2N2O. The van der Waals surface area contributed by atoms with E-state index in [0.717, 1.165) is 32.0 Å². The van der Waals surface area contributed by atoms with Crippen molar-refractivity contribution in [3.8, 4) is 0 Å². The molecule has 0 atom stereocenters. The van der Waals surface area contributed by atoms with E-state index in [4.69, 9.17) is 0 Å². The predicted octanol–water partition coefficient (Wildman–Crippen LogP) is 0.994. The largest absolute Gasteiger partial charge is 0.348 e. The molecule has 1 saturated carbocycles. The number of nitrogens with zero attached hydrogens (tertiary/aromatic N) is 1. The zero-order valence-electron chi connectivity index (χ0n) is 8.59. The van der Waals surface area contributed by atoms with Gasteiger partial charge in [-0.2, -0.15) is 8.78 Å². The van der Waals surface area contributed by atoms with Crippen LogP contribution in [0.3, 0.4) is 0 Å². The summed E-state index contributed by atoms with van der Waals surface area (Å²) in [4.78, 5) is 13.2. The van der Waals surface area contributed by atoms with Crippen LogP contribution in [-0.2, 0) is 4.79 Å². The van der Waals surface area contributed by atoms with Crippen LogP contribution in [0.1, 0.15) is 25.7 Å². The number of hydrogen-bond donors (Lipinski definition) is 1. The number of piperidine rings is 1. The zero-order valence-corrected chi connectivity index (χ0v) is 8.59. The fraction of sp³-hybridized carbons (Fsp3) is 0.900. The molecule has 5 heteroatoms. The first-order chi connectivity index (χ1) is 7.16. The molecule has 0 unspecified atom stereocenters. The van der Waals surface area contributed by atoms with E-state index in [1.807, 2.05) is 0 Å². The summed E-state index contributed by atoms with van der Waals surface area (Å²) in [6.45, 7) is 1.86. The summed E-state index contributed by atoms with van der Waals surface area (Å²) in [5.41, 5.74) is 0. The number of amides is 1. The lowest BCUT2D eigenvalue weighted by atomic mass is 10.0. The van der Waals surface area contributed by atoms with Gasteiger partial charge in [-0.25, -0.2) is 0 Å². The highest BCUT2D eigenvalue weighted by Crippen LogP contribution is 2.29. The standard InChI is InChI=1S/C10H16F2N2O/c11-9(12)10(15)13-7-3-5-14(6-4-7)8-1-2-8/h7-9H,1-6H2,(H,13,15). The third-order valence-corrected chi connectivity index (χ3v) is 3.14. The van der Waals surface area contributed by atoms with E-state index in [1.165, 1.54) is 12.8 Å². The van der Waals surface area contributed by atoms with Crippen LogP contribution in [0.15, 0.2) is 0 Å². The van der Waals surface area contributed by atoms with Gasteiger partial charge in [-0.15, -0.1) is 0 Å². The second-order valence-corrected chi connectivity index (χ2v) is 4.35. The second-order valence-electron chi connectivity index (χ2n) is 4.35. The van der Waals surface area contributed by atoms with Gasteiger partial charge in [-0.1, -0.05) is 0 Å². The van der Waals surface area contributed by atoms with Gasteiger partial charge in [0.25, 0.3) is 5.91 Å². The van der Waals surface area contributed by atoms with Crippen molar-refractivity contribution in [3.63, 3.8) is 0 Å². The first kappa shape index (κ1) is 10.8. The van der Waals surface area contributed by atoms with Gasteiger partial charge in [0.15, 0.2) is 0 Å². The van der Waals surface area contributed by atoms with Crippen molar-refractivity contribution in [2.45, 2.75) is 44.2 Å². The Morgan fingerprint density at radius 3 is 2.27 bits per heavy atom. The molecule has 0 aromatic rings. The van der Waals surface area contributed by atoms with Crippen molar-refractivity contribution < 1.29 is 13.6 Å². The van der Waals surface area contributed by atoms with Crippen molar-refractivity contribution in [2.24, 2.45) is 0 Å². The first-order valence-electron chi connectivity index (χ1n) is 5.49. The molecule has 86 valence electrons. The number of carbonyl (C=O) groups excluding carboxylic acids is 1. The van der Waals surface area contributed by atoms with Crippen molar-refractivity contribution >= 4 is 5.91 Å². The Bertz CT molecular complexity index is 236. The summed E-state index contributed by atoms with van der Waals surface area (Å²) < 4.78 is 24.0. The Balaban J connectivity index is 1.70. The Hall–Kier alpha value is -0.710. The van der Waals surface area contributed by atoms with E-state index in [9.17, 15) is 13.6 Å². The number of halogens is 2. The Morgan fingerprint density at radius 2 is 1.80 bits per heavy atom. The van der Waals surface area contributed by atoms with Crippen LogP contribution in [0.5, 0.6) is 0 Å². The Kier molecular flexibility index (Phi) is 3.19. The highest BCUT2D eigenvalue weighted by Gasteiger charge is 2.32. The van der Waals surface area contributed by atoms with Crippen LogP contribution in [0.2, 0.25) is 0 Å². The monoisotopic (exact) mass is 218 g/mol. The van der Waals surface area contributed by atoms with Crippen LogP contribution in [0.25, 0.3) is 0 Å². The van der Waals surface area contributed by atoms with Gasteiger partial charge in [0.05, 0.1) is 0 Å². The molecule has 1 N–H and O–H groups in total. The molecule has 0 spiro atoms. The van der Waals surface area contributed by atoms with E-state index in [0.29, 0.717) is 0 Å². The lowest BCUT2D eigenvalue weighted by Gasteiger charge is -2.32. The van der Waals surface area contributed by atoms with Crippen LogP contribution in [-0.4, -0.2) is 42.4 Å². The molecule has 0 radical (unpaired) electrons. The molecule has 2 fully saturated rings. The van der Waals surface area contributed by atoms with Crippen LogP contribution >= 0.6 is 0 Å². The van der Waals surface area contributed by atoms with E-state index >= 15 is 0 Å². The SMILES string of the molecule is O=C(NC1CCN(C2CC2)CC1)C(F)F. The smallest absolute Gasteiger partial charge is 0.315 e. The van der Waals surface area contributed by atoms with Gasteiger partial charge < -0.3 is 10.2 Å². The average Bonchev–Trinajstić information content (AvgIpc) is 3.02. The molecular weight excluding hydrogens is 202 g/mol. The number of carbonyl (C=O) groups is 1. The molecule has 1 heterocycles. The first-order valence-corrected chi connectivity index (χ1v) is 5.49. The number of likely N-dealkylation sites (tertiary alicyclic amines) is 1. The van der Waals surface area contributed by atoms with Gasteiger partial charge in [0, 0.05) is 25.2 Å². The third-order valence-electron chi connectivity index (χ3n) is 3.14. The fourth-order valence-electron chi connectivity index (χ4n) is 2.11. The average molecular weight is 218 g/mol. The normalized spacial score (nSPS) is 24.5. The van der Waals surface area contributed by atoms with Gasteiger partial charge in [0.2, 0.25) is 0 Å². The number of hydrogen-bond acceptors (Lipinski definition) is 2. The molecule has 1 saturated heterocycles. The number of nitrogens with one attached hydrogen (secondary N) is 1. The highest BCUT2D eigenvalue weighted by atomic mass is 19.3. The van der Waals surface area contributed by atoms with Gasteiger partial charge in [-0.05, 0) is 25.7 Å². The molecule has 1 aliphatic carbocycles. The van der Waals surface area contributed by atoms with Crippen molar-refractivity contribution in [2.75, 3.05) is 13.1 Å². The Morgan fingerprint density at radius 1 is 1.20 bits per heavy atom. The topological polar surface area (TPSA) is 32.3 Å². The molecule has 15 heavy (non-hydrogen) atoms. The molecule has 0 bridgehead atoms. The molecule has 1 amide bonds. The minimum atomic E-state index is -2.88. The predicted molar refractivity (Wildman–Crippen MR) is 51.8 cm³/mol. The fourth-order valence-corrected chi connectivity index (χ4v) is 2.11. The van der Waals surface area contributed by atoms with E-state index in [1.54, 1.807) is 0 Å². The third kappa shape index (κ3) is 2.87. The highest BCUT2D eigenvalue weighted by molar-refractivity contribution is 5.79. The molecule has 2 rings (SSSR count). The maximum Gasteiger partial charge on any atom is 0.315 e. The Labute approximate surface area is 87.8 Å². The van der Waals surface area contributed by atoms with Gasteiger partial charge in [0.1, 0.15) is 0 Å². The number of rotatable bonds is 3. The van der Waals surface area contributed by atoms with Gasteiger partial charge >= 0.3 is 6.43 Å². The van der Waals surface area contributed by atoms with Crippen molar-refractivity contribution in [3.05, 3.63) is 0 Å². The van der Waals surface area contributed by atoms with E-state index in [2.05, 4.69) is 10.2 Å². The minimum Gasteiger partial charge on any atom is -0.348 e. The summed E-state index contributed by atoms with van der Waals surface area (Å²) in [7, 11) is 0. The van der Waals surface area contributed by atoms with Crippen LogP contribution in [0, 0.1) is 0 Å². The quantitative estimate of drug-likeness (QED) is 0.766. The minimum absolute atomic E-state index is 0.0542. The maximum atomic E-state index is 12.0. The lowest BCUT2D eigenvalue weighted by molar-refractivity contribution is -0.132. The molecule has 3 nitrogen and oxygen atoms in total. The van der Waals surface area contributed by atoms with Crippen LogP contribution in [0.4, 0.5) is 8.78 Å². The van der Waals surface area contributed by atoms with E-state index < -0.39 is 12.3 Å². The summed E-state index contributed by atoms with van der Waals surface area (Å²) in [5, 5.41) is 2.38. The summed E-state index contributed by atoms with van der Waals surface area (Å²) in [5.74, 6) is -1.13. The summed E-state index contributed by atoms with van der Waals surface area (Å²) in [6.07, 6.45) is 1.26. The second kappa shape index (κ2) is 4.43. The van der Waals surface area contributed by atoms with E-state index in [-0.39, 0.29) is 6.04 Å². The molecule has 0 aromatic carbocycles. The van der Waals surface area contributed by atoms with Gasteiger partial charge in [-0.3, -0.25) is 4.79 Å².